The van der Waals surface area contributed by atoms with E-state index in [1.807, 2.05) is 24.3 Å². The number of carbonyl (C=O) groups excluding carboxylic acids is 1. The van der Waals surface area contributed by atoms with Crippen molar-refractivity contribution in [3.05, 3.63) is 59.3 Å². The third kappa shape index (κ3) is 4.56. The molecule has 5 heteroatoms. The Morgan fingerprint density at radius 1 is 1.07 bits per heavy atom. The molecule has 5 nitrogen and oxygen atoms in total. The first-order valence-corrected chi connectivity index (χ1v) is 9.91. The van der Waals surface area contributed by atoms with E-state index in [4.69, 9.17) is 9.47 Å². The van der Waals surface area contributed by atoms with Crippen LogP contribution in [0.3, 0.4) is 0 Å². The lowest BCUT2D eigenvalue weighted by Crippen LogP contribution is -2.37. The van der Waals surface area contributed by atoms with Gasteiger partial charge in [-0.25, -0.2) is 0 Å². The smallest absolute Gasteiger partial charge is 0.220 e. The highest BCUT2D eigenvalue weighted by Crippen LogP contribution is 2.33. The second-order valence-electron chi connectivity index (χ2n) is 8.02. The number of amides is 1. The second-order valence-corrected chi connectivity index (χ2v) is 8.02. The number of H-pyrrole nitrogens is 1. The maximum atomic E-state index is 12.5. The minimum atomic E-state index is -0.178. The molecule has 29 heavy (non-hydrogen) atoms. The fourth-order valence-corrected chi connectivity index (χ4v) is 3.94. The Balaban J connectivity index is 1.62. The Hall–Kier alpha value is -2.95. The van der Waals surface area contributed by atoms with Gasteiger partial charge in [0.1, 0.15) is 0 Å². The van der Waals surface area contributed by atoms with Crippen molar-refractivity contribution in [3.8, 4) is 11.5 Å². The van der Waals surface area contributed by atoms with Gasteiger partial charge in [0.05, 0.1) is 14.2 Å². The van der Waals surface area contributed by atoms with Crippen LogP contribution in [0.5, 0.6) is 11.5 Å². The van der Waals surface area contributed by atoms with Crippen LogP contribution in [0.2, 0.25) is 0 Å². The molecule has 0 spiro atoms. The molecule has 0 aliphatic rings. The standard InChI is InChI=1S/C24H30N2O3/c1-16-23(18-8-6-7-9-19(18)26-16)24(2,3)15-25-22(27)13-11-17-10-12-20(28-4)21(14-17)29-5/h6-10,12,14,26H,11,13,15H2,1-5H3,(H,25,27). The summed E-state index contributed by atoms with van der Waals surface area (Å²) in [5.74, 6) is 1.42. The molecule has 2 N–H and O–H groups in total. The zero-order chi connectivity index (χ0) is 21.0. The van der Waals surface area contributed by atoms with Crippen molar-refractivity contribution in [1.82, 2.24) is 10.3 Å². The Morgan fingerprint density at radius 2 is 1.79 bits per heavy atom. The molecule has 0 saturated carbocycles. The maximum Gasteiger partial charge on any atom is 0.220 e. The summed E-state index contributed by atoms with van der Waals surface area (Å²) in [5, 5.41) is 4.33. The van der Waals surface area contributed by atoms with Gasteiger partial charge in [0.25, 0.3) is 0 Å². The molecule has 1 heterocycles. The van der Waals surface area contributed by atoms with Crippen LogP contribution >= 0.6 is 0 Å². The van der Waals surface area contributed by atoms with E-state index in [0.29, 0.717) is 30.9 Å². The number of para-hydroxylation sites is 1. The summed E-state index contributed by atoms with van der Waals surface area (Å²) in [6, 6.07) is 14.1. The van der Waals surface area contributed by atoms with Crippen molar-refractivity contribution < 1.29 is 14.3 Å². The molecular weight excluding hydrogens is 364 g/mol. The van der Waals surface area contributed by atoms with Gasteiger partial charge in [-0.3, -0.25) is 4.79 Å². The highest BCUT2D eigenvalue weighted by Gasteiger charge is 2.26. The predicted molar refractivity (Wildman–Crippen MR) is 117 cm³/mol. The first-order valence-electron chi connectivity index (χ1n) is 9.91. The minimum absolute atomic E-state index is 0.0466. The molecule has 1 amide bonds. The lowest BCUT2D eigenvalue weighted by molar-refractivity contribution is -0.121. The molecule has 0 saturated heterocycles. The van der Waals surface area contributed by atoms with Gasteiger partial charge >= 0.3 is 0 Å². The summed E-state index contributed by atoms with van der Waals surface area (Å²) in [6.45, 7) is 7.02. The van der Waals surface area contributed by atoms with E-state index in [-0.39, 0.29) is 11.3 Å². The number of carbonyl (C=O) groups is 1. The number of aromatic amines is 1. The van der Waals surface area contributed by atoms with Gasteiger partial charge in [-0.15, -0.1) is 0 Å². The average molecular weight is 395 g/mol. The van der Waals surface area contributed by atoms with Gasteiger partial charge in [0.2, 0.25) is 5.91 Å². The van der Waals surface area contributed by atoms with Crippen LogP contribution in [0.15, 0.2) is 42.5 Å². The Kier molecular flexibility index (Phi) is 6.16. The Labute approximate surface area is 172 Å². The molecule has 3 aromatic rings. The largest absolute Gasteiger partial charge is 0.493 e. The number of methoxy groups -OCH3 is 2. The maximum absolute atomic E-state index is 12.5. The first kappa shape index (κ1) is 20.8. The number of hydrogen-bond donors (Lipinski definition) is 2. The Bertz CT molecular complexity index is 1000. The van der Waals surface area contributed by atoms with Gasteiger partial charge in [-0.1, -0.05) is 38.1 Å². The SMILES string of the molecule is COc1ccc(CCC(=O)NCC(C)(C)c2c(C)[nH]c3ccccc23)cc1OC. The summed E-state index contributed by atoms with van der Waals surface area (Å²) in [6.07, 6.45) is 1.08. The van der Waals surface area contributed by atoms with E-state index >= 15 is 0 Å². The monoisotopic (exact) mass is 394 g/mol. The molecule has 0 atom stereocenters. The van der Waals surface area contributed by atoms with Gasteiger partial charge < -0.3 is 19.8 Å². The summed E-state index contributed by atoms with van der Waals surface area (Å²) in [4.78, 5) is 15.9. The van der Waals surface area contributed by atoms with Crippen molar-refractivity contribution in [3.63, 3.8) is 0 Å². The fraction of sp³-hybridized carbons (Fsp3) is 0.375. The molecule has 1 aromatic heterocycles. The summed E-state index contributed by atoms with van der Waals surface area (Å²) in [7, 11) is 3.23. The molecule has 0 unspecified atom stereocenters. The minimum Gasteiger partial charge on any atom is -0.493 e. The number of hydrogen-bond acceptors (Lipinski definition) is 3. The van der Waals surface area contributed by atoms with Gasteiger partial charge in [0.15, 0.2) is 11.5 Å². The average Bonchev–Trinajstić information content (AvgIpc) is 3.07. The molecule has 2 aromatic carbocycles. The molecule has 0 aliphatic heterocycles. The number of rotatable bonds is 8. The van der Waals surface area contributed by atoms with Crippen LogP contribution in [0.4, 0.5) is 0 Å². The lowest BCUT2D eigenvalue weighted by Gasteiger charge is -2.26. The predicted octanol–water partition coefficient (Wildman–Crippen LogP) is 4.52. The molecule has 0 aliphatic carbocycles. The first-order chi connectivity index (χ1) is 13.9. The zero-order valence-electron chi connectivity index (χ0n) is 17.9. The number of aryl methyl sites for hydroxylation is 2. The Morgan fingerprint density at radius 3 is 2.52 bits per heavy atom. The summed E-state index contributed by atoms with van der Waals surface area (Å²) >= 11 is 0. The van der Waals surface area contributed by atoms with Crippen molar-refractivity contribution in [2.45, 2.75) is 39.0 Å². The fourth-order valence-electron chi connectivity index (χ4n) is 3.94. The van der Waals surface area contributed by atoms with Gasteiger partial charge in [-0.05, 0) is 42.7 Å². The molecule has 154 valence electrons. The van der Waals surface area contributed by atoms with Crippen LogP contribution in [0.25, 0.3) is 10.9 Å². The highest BCUT2D eigenvalue weighted by atomic mass is 16.5. The van der Waals surface area contributed by atoms with Crippen LogP contribution in [-0.2, 0) is 16.6 Å². The van der Waals surface area contributed by atoms with E-state index in [0.717, 1.165) is 16.8 Å². The van der Waals surface area contributed by atoms with E-state index in [1.165, 1.54) is 10.9 Å². The quantitative estimate of drug-likeness (QED) is 0.590. The normalized spacial score (nSPS) is 11.5. The summed E-state index contributed by atoms with van der Waals surface area (Å²) in [5.41, 5.74) is 4.41. The molecule has 0 radical (unpaired) electrons. The third-order valence-electron chi connectivity index (χ3n) is 5.39. The van der Waals surface area contributed by atoms with Crippen LogP contribution in [-0.4, -0.2) is 31.7 Å². The van der Waals surface area contributed by atoms with E-state index in [1.54, 1.807) is 14.2 Å². The zero-order valence-corrected chi connectivity index (χ0v) is 17.9. The number of fused-ring (bicyclic) bond motifs is 1. The van der Waals surface area contributed by atoms with E-state index < -0.39 is 0 Å². The number of aromatic nitrogens is 1. The topological polar surface area (TPSA) is 63.3 Å². The van der Waals surface area contributed by atoms with Crippen molar-refractivity contribution in [1.29, 1.82) is 0 Å². The van der Waals surface area contributed by atoms with E-state index in [2.05, 4.69) is 49.3 Å². The van der Waals surface area contributed by atoms with Crippen LogP contribution < -0.4 is 14.8 Å². The molecule has 3 rings (SSSR count). The number of benzene rings is 2. The highest BCUT2D eigenvalue weighted by molar-refractivity contribution is 5.86. The van der Waals surface area contributed by atoms with Crippen molar-refractivity contribution in [2.24, 2.45) is 0 Å². The summed E-state index contributed by atoms with van der Waals surface area (Å²) < 4.78 is 10.6. The number of nitrogens with one attached hydrogen (secondary N) is 2. The second kappa shape index (κ2) is 8.60. The van der Waals surface area contributed by atoms with Crippen molar-refractivity contribution in [2.75, 3.05) is 20.8 Å². The molecule has 0 bridgehead atoms. The van der Waals surface area contributed by atoms with Crippen LogP contribution in [0.1, 0.15) is 37.1 Å². The van der Waals surface area contributed by atoms with Gasteiger partial charge in [0, 0.05) is 35.0 Å². The third-order valence-corrected chi connectivity index (χ3v) is 5.39. The molecular formula is C24H30N2O3. The number of ether oxygens (including phenoxy) is 2. The van der Waals surface area contributed by atoms with E-state index in [9.17, 15) is 4.79 Å². The van der Waals surface area contributed by atoms with Crippen molar-refractivity contribution >= 4 is 16.8 Å². The molecule has 0 fully saturated rings. The lowest BCUT2D eigenvalue weighted by atomic mass is 9.82. The van der Waals surface area contributed by atoms with Crippen LogP contribution in [0, 0.1) is 6.92 Å². The van der Waals surface area contributed by atoms with Gasteiger partial charge in [-0.2, -0.15) is 0 Å².